The molecule has 1 aliphatic heterocycles. The van der Waals surface area contributed by atoms with Crippen LogP contribution in [0.3, 0.4) is 0 Å². The largest absolute Gasteiger partial charge is 0.468 e. The molecule has 0 unspecified atom stereocenters. The molecule has 1 aliphatic rings. The highest BCUT2D eigenvalue weighted by Crippen LogP contribution is 2.35. The Hall–Kier alpha value is -2.32. The maximum absolute atomic E-state index is 12.6. The summed E-state index contributed by atoms with van der Waals surface area (Å²) in [7, 11) is 1.22. The average Bonchev–Trinajstić information content (AvgIpc) is 2.63. The lowest BCUT2D eigenvalue weighted by molar-refractivity contribution is -0.154. The minimum Gasteiger partial charge on any atom is -0.468 e. The van der Waals surface area contributed by atoms with Gasteiger partial charge in [-0.25, -0.2) is 9.78 Å². The number of amides is 1. The number of likely N-dealkylation sites (tertiary alicyclic amines) is 1. The Morgan fingerprint density at radius 2 is 1.83 bits per heavy atom. The number of carbonyl (C=O) groups excluding carboxylic acids is 2. The predicted octanol–water partition coefficient (Wildman–Crippen LogP) is 3.95. The van der Waals surface area contributed by atoms with Crippen molar-refractivity contribution in [2.75, 3.05) is 26.8 Å². The number of esters is 1. The molecule has 0 N–H and O–H groups in total. The Bertz CT molecular complexity index is 736. The fourth-order valence-corrected chi connectivity index (χ4v) is 3.27. The molecule has 9 heteroatoms. The molecule has 0 saturated carbocycles. The molecule has 29 heavy (non-hydrogen) atoms. The summed E-state index contributed by atoms with van der Waals surface area (Å²) in [5, 5.41) is 0. The lowest BCUT2D eigenvalue weighted by Crippen LogP contribution is -2.39. The van der Waals surface area contributed by atoms with Crippen LogP contribution < -0.4 is 4.74 Å². The van der Waals surface area contributed by atoms with Crippen LogP contribution in [0.15, 0.2) is 12.3 Å². The number of halogens is 3. The molecule has 6 nitrogen and oxygen atoms in total. The third kappa shape index (κ3) is 6.90. The molecule has 0 aromatic carbocycles. The summed E-state index contributed by atoms with van der Waals surface area (Å²) in [5.41, 5.74) is 0.457. The number of rotatable bonds is 5. The predicted molar refractivity (Wildman–Crippen MR) is 99.8 cm³/mol. The highest BCUT2D eigenvalue weighted by atomic mass is 19.4. The van der Waals surface area contributed by atoms with Gasteiger partial charge in [0.1, 0.15) is 0 Å². The van der Waals surface area contributed by atoms with E-state index in [4.69, 9.17) is 4.74 Å². The highest BCUT2D eigenvalue weighted by Gasteiger charge is 2.32. The molecule has 1 aromatic heterocycles. The van der Waals surface area contributed by atoms with Crippen molar-refractivity contribution in [2.24, 2.45) is 5.41 Å². The molecule has 0 spiro atoms. The SMILES string of the molecule is COC(=O)c1cnc(OCC(F)(F)F)c(C2CCN(C(=O)CC(C)(C)C)CC2)c1. The second-order valence-corrected chi connectivity index (χ2v) is 8.41. The standard InChI is InChI=1S/C20H27F3N2O4/c1-19(2,3)10-16(26)25-7-5-13(6-8-25)15-9-14(18(27)28-4)11-24-17(15)29-12-20(21,22)23/h9,11,13H,5-8,10,12H2,1-4H3. The van der Waals surface area contributed by atoms with Gasteiger partial charge < -0.3 is 14.4 Å². The Kier molecular flexibility index (Phi) is 7.13. The highest BCUT2D eigenvalue weighted by molar-refractivity contribution is 5.89. The number of hydrogen-bond donors (Lipinski definition) is 0. The minimum absolute atomic E-state index is 0.0610. The van der Waals surface area contributed by atoms with Gasteiger partial charge in [0.05, 0.1) is 12.7 Å². The summed E-state index contributed by atoms with van der Waals surface area (Å²) in [5.74, 6) is -0.881. The van der Waals surface area contributed by atoms with Crippen LogP contribution in [0.2, 0.25) is 0 Å². The summed E-state index contributed by atoms with van der Waals surface area (Å²) < 4.78 is 47.3. The second kappa shape index (κ2) is 9.00. The van der Waals surface area contributed by atoms with Crippen LogP contribution >= 0.6 is 0 Å². The fraction of sp³-hybridized carbons (Fsp3) is 0.650. The molecule has 1 fully saturated rings. The summed E-state index contributed by atoms with van der Waals surface area (Å²) >= 11 is 0. The zero-order valence-electron chi connectivity index (χ0n) is 17.1. The first-order valence-electron chi connectivity index (χ1n) is 9.45. The topological polar surface area (TPSA) is 68.7 Å². The number of hydrogen-bond acceptors (Lipinski definition) is 5. The van der Waals surface area contributed by atoms with Crippen molar-refractivity contribution in [1.82, 2.24) is 9.88 Å². The second-order valence-electron chi connectivity index (χ2n) is 8.41. The van der Waals surface area contributed by atoms with E-state index in [0.29, 0.717) is 37.9 Å². The van der Waals surface area contributed by atoms with Gasteiger partial charge in [-0.05, 0) is 30.2 Å². The van der Waals surface area contributed by atoms with Gasteiger partial charge in [-0.1, -0.05) is 20.8 Å². The number of piperidine rings is 1. The van der Waals surface area contributed by atoms with Gasteiger partial charge in [-0.3, -0.25) is 4.79 Å². The van der Waals surface area contributed by atoms with Crippen molar-refractivity contribution in [3.05, 3.63) is 23.4 Å². The van der Waals surface area contributed by atoms with E-state index in [2.05, 4.69) is 9.72 Å². The molecule has 1 amide bonds. The molecule has 0 aliphatic carbocycles. The molecule has 1 aromatic rings. The molecule has 0 radical (unpaired) electrons. The van der Waals surface area contributed by atoms with Gasteiger partial charge in [0.2, 0.25) is 11.8 Å². The van der Waals surface area contributed by atoms with E-state index in [1.165, 1.54) is 13.2 Å². The van der Waals surface area contributed by atoms with Gasteiger partial charge >= 0.3 is 12.1 Å². The molecule has 162 valence electrons. The Morgan fingerprint density at radius 1 is 1.21 bits per heavy atom. The summed E-state index contributed by atoms with van der Waals surface area (Å²) in [6.07, 6.45) is -1.84. The van der Waals surface area contributed by atoms with E-state index >= 15 is 0 Å². The van der Waals surface area contributed by atoms with Crippen molar-refractivity contribution >= 4 is 11.9 Å². The Labute approximate surface area is 168 Å². The van der Waals surface area contributed by atoms with E-state index in [0.717, 1.165) is 6.20 Å². The van der Waals surface area contributed by atoms with Crippen LogP contribution in [0.1, 0.15) is 61.9 Å². The van der Waals surface area contributed by atoms with E-state index < -0.39 is 18.8 Å². The van der Waals surface area contributed by atoms with Crippen molar-refractivity contribution < 1.29 is 32.2 Å². The zero-order chi connectivity index (χ0) is 21.8. The van der Waals surface area contributed by atoms with Gasteiger partial charge in [-0.2, -0.15) is 13.2 Å². The monoisotopic (exact) mass is 416 g/mol. The number of aromatic nitrogens is 1. The number of ether oxygens (including phenoxy) is 2. The van der Waals surface area contributed by atoms with Crippen LogP contribution in [0.4, 0.5) is 13.2 Å². The van der Waals surface area contributed by atoms with Crippen LogP contribution in [-0.4, -0.2) is 54.7 Å². The maximum Gasteiger partial charge on any atom is 0.422 e. The van der Waals surface area contributed by atoms with Crippen LogP contribution in [0.5, 0.6) is 5.88 Å². The lowest BCUT2D eigenvalue weighted by Gasteiger charge is -2.34. The minimum atomic E-state index is -4.50. The van der Waals surface area contributed by atoms with Gasteiger partial charge in [0, 0.05) is 31.3 Å². The quantitative estimate of drug-likeness (QED) is 0.680. The third-order valence-electron chi connectivity index (χ3n) is 4.64. The average molecular weight is 416 g/mol. The van der Waals surface area contributed by atoms with Gasteiger partial charge in [0.25, 0.3) is 0 Å². The van der Waals surface area contributed by atoms with Crippen molar-refractivity contribution in [3.63, 3.8) is 0 Å². The van der Waals surface area contributed by atoms with Crippen molar-refractivity contribution in [1.29, 1.82) is 0 Å². The molecular weight excluding hydrogens is 389 g/mol. The van der Waals surface area contributed by atoms with Crippen LogP contribution in [-0.2, 0) is 9.53 Å². The molecule has 1 saturated heterocycles. The van der Waals surface area contributed by atoms with Crippen LogP contribution in [0.25, 0.3) is 0 Å². The number of nitrogens with zero attached hydrogens (tertiary/aromatic N) is 2. The molecule has 2 rings (SSSR count). The first-order chi connectivity index (χ1) is 13.4. The number of alkyl halides is 3. The van der Waals surface area contributed by atoms with Gasteiger partial charge in [0.15, 0.2) is 6.61 Å². The Morgan fingerprint density at radius 3 is 2.34 bits per heavy atom. The Balaban J connectivity index is 2.17. The zero-order valence-corrected chi connectivity index (χ0v) is 17.1. The maximum atomic E-state index is 12.6. The van der Waals surface area contributed by atoms with Crippen molar-refractivity contribution in [2.45, 2.75) is 52.1 Å². The van der Waals surface area contributed by atoms with Crippen molar-refractivity contribution in [3.8, 4) is 5.88 Å². The lowest BCUT2D eigenvalue weighted by atomic mass is 9.87. The fourth-order valence-electron chi connectivity index (χ4n) is 3.27. The normalized spacial score (nSPS) is 15.9. The first kappa shape index (κ1) is 23.0. The smallest absolute Gasteiger partial charge is 0.422 e. The van der Waals surface area contributed by atoms with E-state index in [1.54, 1.807) is 4.90 Å². The molecule has 0 bridgehead atoms. The number of carbonyl (C=O) groups is 2. The molecule has 0 atom stereocenters. The van der Waals surface area contributed by atoms with Gasteiger partial charge in [-0.15, -0.1) is 0 Å². The number of methoxy groups -OCH3 is 1. The molecule has 2 heterocycles. The summed E-state index contributed by atoms with van der Waals surface area (Å²) in [6.45, 7) is 5.48. The number of pyridine rings is 1. The van der Waals surface area contributed by atoms with Crippen LogP contribution in [0, 0.1) is 5.41 Å². The summed E-state index contributed by atoms with van der Waals surface area (Å²) in [6, 6.07) is 1.47. The summed E-state index contributed by atoms with van der Waals surface area (Å²) in [4.78, 5) is 29.9. The van der Waals surface area contributed by atoms with E-state index in [-0.39, 0.29) is 28.7 Å². The van der Waals surface area contributed by atoms with E-state index in [9.17, 15) is 22.8 Å². The first-order valence-corrected chi connectivity index (χ1v) is 9.45. The molecular formula is C20H27F3N2O4. The van der Waals surface area contributed by atoms with E-state index in [1.807, 2.05) is 20.8 Å². The third-order valence-corrected chi connectivity index (χ3v) is 4.64.